The molecule has 172 valence electrons. The molecule has 1 aliphatic heterocycles. The van der Waals surface area contributed by atoms with Crippen LogP contribution in [-0.2, 0) is 14.8 Å². The zero-order valence-electron chi connectivity index (χ0n) is 17.5. The lowest BCUT2D eigenvalue weighted by Crippen LogP contribution is -2.27. The van der Waals surface area contributed by atoms with Crippen LogP contribution in [-0.4, -0.2) is 52.7 Å². The highest BCUT2D eigenvalue weighted by molar-refractivity contribution is 7.99. The number of anilines is 2. The number of nitrogens with zero attached hydrogens (tertiary/aromatic N) is 3. The molecule has 0 radical (unpaired) electrons. The van der Waals surface area contributed by atoms with Gasteiger partial charge < -0.3 is 11.1 Å². The Balaban J connectivity index is 1.35. The first-order valence-electron chi connectivity index (χ1n) is 10.2. The average Bonchev–Trinajstić information content (AvgIpc) is 3.35. The largest absolute Gasteiger partial charge is 0.398 e. The number of hydrogen-bond acceptors (Lipinski definition) is 8. The molecule has 1 aromatic heterocycles. The molecular formula is C21H22N6O4S2. The summed E-state index contributed by atoms with van der Waals surface area (Å²) in [5.41, 5.74) is 6.89. The summed E-state index contributed by atoms with van der Waals surface area (Å²) >= 11 is 1.02. The van der Waals surface area contributed by atoms with E-state index in [1.54, 1.807) is 36.4 Å². The molecule has 0 bridgehead atoms. The molecule has 0 unspecified atom stereocenters. The summed E-state index contributed by atoms with van der Waals surface area (Å²) in [4.78, 5) is 27.4. The molecule has 0 spiro atoms. The number of carbonyl (C=O) groups is 1. The van der Waals surface area contributed by atoms with Crippen LogP contribution in [0.2, 0.25) is 0 Å². The molecule has 10 nitrogen and oxygen atoms in total. The van der Waals surface area contributed by atoms with Crippen molar-refractivity contribution in [2.24, 2.45) is 0 Å². The Morgan fingerprint density at radius 3 is 2.45 bits per heavy atom. The van der Waals surface area contributed by atoms with Gasteiger partial charge in [0, 0.05) is 30.0 Å². The predicted molar refractivity (Wildman–Crippen MR) is 126 cm³/mol. The smallest absolute Gasteiger partial charge is 0.278 e. The van der Waals surface area contributed by atoms with E-state index in [4.69, 9.17) is 5.73 Å². The minimum absolute atomic E-state index is 0.0225. The zero-order chi connectivity index (χ0) is 23.4. The summed E-state index contributed by atoms with van der Waals surface area (Å²) in [7, 11) is -3.50. The van der Waals surface area contributed by atoms with Gasteiger partial charge in [-0.2, -0.15) is 4.31 Å². The molecule has 1 saturated heterocycles. The first kappa shape index (κ1) is 23.0. The molecule has 0 atom stereocenters. The third kappa shape index (κ3) is 5.24. The Hall–Kier alpha value is -3.22. The van der Waals surface area contributed by atoms with Gasteiger partial charge in [0.2, 0.25) is 15.9 Å². The van der Waals surface area contributed by atoms with Crippen molar-refractivity contribution in [3.8, 4) is 11.3 Å². The quantitative estimate of drug-likeness (QED) is 0.338. The van der Waals surface area contributed by atoms with Crippen LogP contribution >= 0.6 is 11.8 Å². The van der Waals surface area contributed by atoms with E-state index in [2.05, 4.69) is 20.5 Å². The highest BCUT2D eigenvalue weighted by atomic mass is 32.2. The first-order valence-corrected chi connectivity index (χ1v) is 12.6. The molecule has 33 heavy (non-hydrogen) atoms. The lowest BCUT2D eigenvalue weighted by atomic mass is 10.1. The van der Waals surface area contributed by atoms with E-state index in [1.807, 2.05) is 0 Å². The van der Waals surface area contributed by atoms with Gasteiger partial charge in [0.25, 0.3) is 5.56 Å². The second kappa shape index (κ2) is 9.73. The topological polar surface area (TPSA) is 151 Å². The van der Waals surface area contributed by atoms with Crippen LogP contribution in [0.3, 0.4) is 0 Å². The van der Waals surface area contributed by atoms with Gasteiger partial charge in [0.1, 0.15) is 0 Å². The number of nitrogen functional groups attached to an aromatic ring is 1. The molecule has 2 aromatic carbocycles. The summed E-state index contributed by atoms with van der Waals surface area (Å²) in [5, 5.41) is 10.8. The van der Waals surface area contributed by atoms with Crippen LogP contribution in [0.1, 0.15) is 12.8 Å². The van der Waals surface area contributed by atoms with Gasteiger partial charge in [-0.05, 0) is 43.2 Å². The number of para-hydroxylation sites is 1. The Labute approximate surface area is 194 Å². The van der Waals surface area contributed by atoms with Crippen molar-refractivity contribution in [1.29, 1.82) is 0 Å². The molecule has 0 aliphatic carbocycles. The Morgan fingerprint density at radius 1 is 1.09 bits per heavy atom. The third-order valence-electron chi connectivity index (χ3n) is 5.07. The zero-order valence-corrected chi connectivity index (χ0v) is 19.2. The van der Waals surface area contributed by atoms with E-state index in [-0.39, 0.29) is 27.4 Å². The predicted octanol–water partition coefficient (Wildman–Crippen LogP) is 1.93. The molecule has 12 heteroatoms. The van der Waals surface area contributed by atoms with Crippen LogP contribution in [0.5, 0.6) is 0 Å². The monoisotopic (exact) mass is 486 g/mol. The first-order chi connectivity index (χ1) is 15.8. The van der Waals surface area contributed by atoms with Crippen molar-refractivity contribution < 1.29 is 13.2 Å². The van der Waals surface area contributed by atoms with Crippen LogP contribution in [0.4, 0.5) is 11.4 Å². The minimum Gasteiger partial charge on any atom is -0.398 e. The van der Waals surface area contributed by atoms with Gasteiger partial charge in [-0.25, -0.2) is 8.42 Å². The van der Waals surface area contributed by atoms with Crippen molar-refractivity contribution in [2.75, 3.05) is 29.9 Å². The molecule has 1 fully saturated rings. The van der Waals surface area contributed by atoms with Gasteiger partial charge in [-0.3, -0.25) is 14.6 Å². The van der Waals surface area contributed by atoms with E-state index in [0.29, 0.717) is 30.0 Å². The van der Waals surface area contributed by atoms with Crippen molar-refractivity contribution in [3.63, 3.8) is 0 Å². The van der Waals surface area contributed by atoms with Gasteiger partial charge in [-0.1, -0.05) is 30.0 Å². The fourth-order valence-electron chi connectivity index (χ4n) is 3.39. The molecule has 1 amide bonds. The van der Waals surface area contributed by atoms with E-state index in [1.165, 1.54) is 16.4 Å². The number of nitrogens with one attached hydrogen (secondary N) is 2. The lowest BCUT2D eigenvalue weighted by Gasteiger charge is -2.15. The highest BCUT2D eigenvalue weighted by Gasteiger charge is 2.26. The molecule has 2 heterocycles. The normalized spacial score (nSPS) is 14.3. The molecule has 1 aliphatic rings. The van der Waals surface area contributed by atoms with Crippen molar-refractivity contribution in [3.05, 3.63) is 58.9 Å². The lowest BCUT2D eigenvalue weighted by molar-refractivity contribution is -0.113. The maximum Gasteiger partial charge on any atom is 0.278 e. The number of nitrogens with two attached hydrogens (primary N) is 1. The van der Waals surface area contributed by atoms with Gasteiger partial charge in [-0.15, -0.1) is 10.2 Å². The summed E-state index contributed by atoms with van der Waals surface area (Å²) in [6.07, 6.45) is 1.73. The maximum absolute atomic E-state index is 12.6. The number of benzene rings is 2. The summed E-state index contributed by atoms with van der Waals surface area (Å²) in [6.45, 7) is 1.06. The van der Waals surface area contributed by atoms with Gasteiger partial charge >= 0.3 is 0 Å². The number of H-pyrrole nitrogens is 1. The molecule has 3 aromatic rings. The maximum atomic E-state index is 12.6. The fourth-order valence-corrected chi connectivity index (χ4v) is 5.52. The van der Waals surface area contributed by atoms with E-state index >= 15 is 0 Å². The molecule has 0 saturated carbocycles. The molecule has 4 rings (SSSR count). The number of hydrogen-bond donors (Lipinski definition) is 3. The number of amides is 1. The summed E-state index contributed by atoms with van der Waals surface area (Å²) in [6, 6.07) is 12.9. The van der Waals surface area contributed by atoms with Crippen molar-refractivity contribution >= 4 is 39.1 Å². The number of rotatable bonds is 7. The van der Waals surface area contributed by atoms with Crippen LogP contribution in [0, 0.1) is 0 Å². The second-order valence-corrected chi connectivity index (χ2v) is 10.3. The Morgan fingerprint density at radius 2 is 1.79 bits per heavy atom. The van der Waals surface area contributed by atoms with Gasteiger partial charge in [0.15, 0.2) is 10.9 Å². The number of carbonyl (C=O) groups excluding carboxylic acids is 1. The summed E-state index contributed by atoms with van der Waals surface area (Å²) < 4.78 is 26.6. The summed E-state index contributed by atoms with van der Waals surface area (Å²) in [5.74, 6) is -0.361. The Kier molecular flexibility index (Phi) is 6.77. The van der Waals surface area contributed by atoms with Crippen LogP contribution in [0.15, 0.2) is 63.4 Å². The number of aromatic nitrogens is 3. The standard InChI is InChI=1S/C21H22N6O4S2/c22-17-6-2-1-5-16(17)19-20(29)24-21(26-25-19)32-13-18(28)23-14-7-9-15(10-8-14)33(30,31)27-11-3-4-12-27/h1-2,5-10H,3-4,11-13,22H2,(H,23,28)(H,24,26,29). The van der Waals surface area contributed by atoms with Crippen LogP contribution in [0.25, 0.3) is 11.3 Å². The highest BCUT2D eigenvalue weighted by Crippen LogP contribution is 2.23. The average molecular weight is 487 g/mol. The van der Waals surface area contributed by atoms with Crippen molar-refractivity contribution in [2.45, 2.75) is 22.9 Å². The molecular weight excluding hydrogens is 464 g/mol. The van der Waals surface area contributed by atoms with E-state index < -0.39 is 15.6 Å². The number of aromatic amines is 1. The fraction of sp³-hybridized carbons (Fsp3) is 0.238. The molecule has 4 N–H and O–H groups in total. The van der Waals surface area contributed by atoms with Gasteiger partial charge in [0.05, 0.1) is 10.6 Å². The second-order valence-electron chi connectivity index (χ2n) is 7.37. The third-order valence-corrected chi connectivity index (χ3v) is 7.85. The van der Waals surface area contributed by atoms with E-state index in [9.17, 15) is 18.0 Å². The number of thioether (sulfide) groups is 1. The minimum atomic E-state index is -3.50. The Bertz CT molecular complexity index is 1320. The van der Waals surface area contributed by atoms with E-state index in [0.717, 1.165) is 24.6 Å². The van der Waals surface area contributed by atoms with Crippen LogP contribution < -0.4 is 16.6 Å². The van der Waals surface area contributed by atoms with Crippen molar-refractivity contribution in [1.82, 2.24) is 19.5 Å². The number of sulfonamides is 1. The SMILES string of the molecule is Nc1ccccc1-c1nnc(SCC(=O)Nc2ccc(S(=O)(=O)N3CCCC3)cc2)[nH]c1=O.